The molecule has 0 bridgehead atoms. The summed E-state index contributed by atoms with van der Waals surface area (Å²) in [7, 11) is 1.66. The monoisotopic (exact) mass is 448 g/mol. The summed E-state index contributed by atoms with van der Waals surface area (Å²) in [6.45, 7) is 5.18. The second-order valence-corrected chi connectivity index (χ2v) is 8.75. The number of benzene rings is 2. The van der Waals surface area contributed by atoms with Gasteiger partial charge in [0.2, 0.25) is 11.8 Å². The quantitative estimate of drug-likeness (QED) is 0.706. The van der Waals surface area contributed by atoms with Crippen LogP contribution in [0.15, 0.2) is 53.6 Å². The minimum absolute atomic E-state index is 0.0315. The van der Waals surface area contributed by atoms with Crippen LogP contribution in [0.25, 0.3) is 0 Å². The fraction of sp³-hybridized carbons (Fsp3) is 0.423. The number of nitrogens with zero attached hydrogens (tertiary/aromatic N) is 3. The van der Waals surface area contributed by atoms with E-state index in [9.17, 15) is 9.59 Å². The number of carbonyl (C=O) groups excluding carboxylic acids is 2. The first-order valence-corrected chi connectivity index (χ1v) is 11.7. The number of piperazine rings is 1. The van der Waals surface area contributed by atoms with E-state index in [0.29, 0.717) is 12.8 Å². The molecule has 4 rings (SSSR count). The lowest BCUT2D eigenvalue weighted by atomic mass is 9.94. The molecule has 1 atom stereocenters. The van der Waals surface area contributed by atoms with Crippen molar-refractivity contribution >= 4 is 23.2 Å². The fourth-order valence-corrected chi connectivity index (χ4v) is 4.45. The summed E-state index contributed by atoms with van der Waals surface area (Å²) in [4.78, 5) is 28.4. The summed E-state index contributed by atoms with van der Waals surface area (Å²) in [6.07, 6.45) is 2.81. The Bertz CT molecular complexity index is 993. The van der Waals surface area contributed by atoms with Gasteiger partial charge in [0.05, 0.1) is 12.8 Å². The molecule has 1 fully saturated rings. The number of carbonyl (C=O) groups is 2. The number of amides is 2. The first-order chi connectivity index (χ1) is 16.0. The third kappa shape index (κ3) is 5.72. The van der Waals surface area contributed by atoms with Gasteiger partial charge in [-0.05, 0) is 48.2 Å². The molecule has 2 aliphatic heterocycles. The molecule has 2 aliphatic rings. The molecule has 0 aromatic heterocycles. The molecule has 7 nitrogen and oxygen atoms in total. The molecule has 7 heteroatoms. The van der Waals surface area contributed by atoms with Crippen molar-refractivity contribution in [2.75, 3.05) is 38.2 Å². The number of methoxy groups -OCH3 is 1. The van der Waals surface area contributed by atoms with Gasteiger partial charge in [0, 0.05) is 50.6 Å². The van der Waals surface area contributed by atoms with E-state index in [1.54, 1.807) is 7.11 Å². The zero-order chi connectivity index (χ0) is 23.2. The second kappa shape index (κ2) is 10.5. The summed E-state index contributed by atoms with van der Waals surface area (Å²) < 4.78 is 5.19. The van der Waals surface area contributed by atoms with Gasteiger partial charge in [-0.25, -0.2) is 5.43 Å². The predicted octanol–water partition coefficient (Wildman–Crippen LogP) is 3.23. The molecule has 0 radical (unpaired) electrons. The van der Waals surface area contributed by atoms with E-state index in [4.69, 9.17) is 4.74 Å². The van der Waals surface area contributed by atoms with Crippen molar-refractivity contribution < 1.29 is 14.3 Å². The topological polar surface area (TPSA) is 74.2 Å². The highest BCUT2D eigenvalue weighted by atomic mass is 16.5. The van der Waals surface area contributed by atoms with Gasteiger partial charge in [-0.1, -0.05) is 31.2 Å². The molecular formula is C26H32N4O3. The maximum absolute atomic E-state index is 12.6. The molecule has 174 valence electrons. The van der Waals surface area contributed by atoms with Crippen molar-refractivity contribution in [1.29, 1.82) is 0 Å². The summed E-state index contributed by atoms with van der Waals surface area (Å²) in [6, 6.07) is 16.4. The van der Waals surface area contributed by atoms with Crippen LogP contribution in [0.1, 0.15) is 37.3 Å². The number of hydrogen-bond acceptors (Lipinski definition) is 5. The smallest absolute Gasteiger partial charge is 0.240 e. The summed E-state index contributed by atoms with van der Waals surface area (Å²) in [5, 5.41) is 4.24. The van der Waals surface area contributed by atoms with E-state index in [2.05, 4.69) is 51.8 Å². The third-order valence-corrected chi connectivity index (χ3v) is 6.44. The summed E-state index contributed by atoms with van der Waals surface area (Å²) >= 11 is 0. The maximum atomic E-state index is 12.6. The lowest BCUT2D eigenvalue weighted by molar-refractivity contribution is -0.131. The van der Waals surface area contributed by atoms with Gasteiger partial charge in [0.25, 0.3) is 0 Å². The van der Waals surface area contributed by atoms with Crippen molar-refractivity contribution in [3.63, 3.8) is 0 Å². The molecule has 2 aromatic carbocycles. The van der Waals surface area contributed by atoms with Crippen LogP contribution in [0, 0.1) is 5.92 Å². The molecule has 1 saturated heterocycles. The average molecular weight is 449 g/mol. The van der Waals surface area contributed by atoms with Crippen molar-refractivity contribution in [3.8, 4) is 5.75 Å². The molecular weight excluding hydrogens is 416 g/mol. The molecule has 0 aliphatic carbocycles. The fourth-order valence-electron chi connectivity index (χ4n) is 4.45. The Kier molecular flexibility index (Phi) is 7.27. The highest BCUT2D eigenvalue weighted by molar-refractivity contribution is 6.05. The van der Waals surface area contributed by atoms with E-state index < -0.39 is 0 Å². The normalized spacial score (nSPS) is 18.5. The van der Waals surface area contributed by atoms with Crippen LogP contribution in [-0.4, -0.2) is 55.7 Å². The van der Waals surface area contributed by atoms with E-state index in [1.807, 2.05) is 24.0 Å². The summed E-state index contributed by atoms with van der Waals surface area (Å²) in [5.41, 5.74) is 6.92. The minimum Gasteiger partial charge on any atom is -0.497 e. The van der Waals surface area contributed by atoms with Gasteiger partial charge in [-0.2, -0.15) is 5.10 Å². The first kappa shape index (κ1) is 22.8. The maximum Gasteiger partial charge on any atom is 0.240 e. The number of hydrazone groups is 1. The van der Waals surface area contributed by atoms with E-state index >= 15 is 0 Å². The van der Waals surface area contributed by atoms with Crippen LogP contribution in [0.2, 0.25) is 0 Å². The van der Waals surface area contributed by atoms with Crippen molar-refractivity contribution in [2.24, 2.45) is 11.0 Å². The van der Waals surface area contributed by atoms with Gasteiger partial charge >= 0.3 is 0 Å². The standard InChI is InChI=1S/C26H32N4O3/c1-19-18-24(31)27-28-26(19)21-8-10-22(11-9-21)29-14-16-30(17-15-29)25(32)5-3-4-20-6-12-23(33-2)13-7-20/h6-13,19H,3-5,14-18H2,1-2H3,(H,27,31). The molecule has 2 amide bonds. The highest BCUT2D eigenvalue weighted by Gasteiger charge is 2.23. The number of rotatable bonds is 7. The number of nitrogens with one attached hydrogen (secondary N) is 1. The Morgan fingerprint density at radius 3 is 2.39 bits per heavy atom. The van der Waals surface area contributed by atoms with Gasteiger partial charge in [0.1, 0.15) is 5.75 Å². The number of aryl methyl sites for hydroxylation is 1. The highest BCUT2D eigenvalue weighted by Crippen LogP contribution is 2.22. The molecule has 0 saturated carbocycles. The average Bonchev–Trinajstić information content (AvgIpc) is 2.85. The zero-order valence-electron chi connectivity index (χ0n) is 19.4. The minimum atomic E-state index is -0.0315. The van der Waals surface area contributed by atoms with Crippen molar-refractivity contribution in [1.82, 2.24) is 10.3 Å². The molecule has 2 heterocycles. The van der Waals surface area contributed by atoms with Crippen LogP contribution >= 0.6 is 0 Å². The van der Waals surface area contributed by atoms with Crippen molar-refractivity contribution in [3.05, 3.63) is 59.7 Å². The Hall–Kier alpha value is -3.35. The Balaban J connectivity index is 1.23. The molecule has 0 spiro atoms. The van der Waals surface area contributed by atoms with Crippen molar-refractivity contribution in [2.45, 2.75) is 32.6 Å². The first-order valence-electron chi connectivity index (χ1n) is 11.7. The molecule has 1 unspecified atom stereocenters. The van der Waals surface area contributed by atoms with Gasteiger partial charge < -0.3 is 14.5 Å². The Morgan fingerprint density at radius 2 is 1.76 bits per heavy atom. The summed E-state index contributed by atoms with van der Waals surface area (Å²) in [5.74, 6) is 1.18. The van der Waals surface area contributed by atoms with E-state index in [0.717, 1.165) is 61.7 Å². The van der Waals surface area contributed by atoms with Crippen LogP contribution in [-0.2, 0) is 16.0 Å². The Morgan fingerprint density at radius 1 is 1.06 bits per heavy atom. The number of ether oxygens (including phenoxy) is 1. The largest absolute Gasteiger partial charge is 0.497 e. The SMILES string of the molecule is COc1ccc(CCCC(=O)N2CCN(c3ccc(C4=NNC(=O)CC4C)cc3)CC2)cc1. The van der Waals surface area contributed by atoms with E-state index in [-0.39, 0.29) is 17.7 Å². The molecule has 2 aromatic rings. The Labute approximate surface area is 195 Å². The zero-order valence-corrected chi connectivity index (χ0v) is 19.4. The second-order valence-electron chi connectivity index (χ2n) is 8.75. The van der Waals surface area contributed by atoms with Crippen LogP contribution in [0.3, 0.4) is 0 Å². The number of hydrogen-bond donors (Lipinski definition) is 1. The lowest BCUT2D eigenvalue weighted by Crippen LogP contribution is -2.48. The van der Waals surface area contributed by atoms with Crippen LogP contribution in [0.4, 0.5) is 5.69 Å². The lowest BCUT2D eigenvalue weighted by Gasteiger charge is -2.36. The molecule has 1 N–H and O–H groups in total. The third-order valence-electron chi connectivity index (χ3n) is 6.44. The van der Waals surface area contributed by atoms with Gasteiger partial charge in [-0.3, -0.25) is 9.59 Å². The van der Waals surface area contributed by atoms with Gasteiger partial charge in [0.15, 0.2) is 0 Å². The van der Waals surface area contributed by atoms with Gasteiger partial charge in [-0.15, -0.1) is 0 Å². The van der Waals surface area contributed by atoms with Crippen LogP contribution < -0.4 is 15.1 Å². The predicted molar refractivity (Wildman–Crippen MR) is 130 cm³/mol. The molecule has 33 heavy (non-hydrogen) atoms. The van der Waals surface area contributed by atoms with Crippen LogP contribution in [0.5, 0.6) is 5.75 Å². The van der Waals surface area contributed by atoms with E-state index in [1.165, 1.54) is 5.56 Å². The number of anilines is 1.